The summed E-state index contributed by atoms with van der Waals surface area (Å²) in [5.41, 5.74) is 7.59. The molecular formula is C25H25N3. The average Bonchev–Trinajstić information content (AvgIpc) is 3.12. The van der Waals surface area contributed by atoms with Crippen LogP contribution in [0.15, 0.2) is 54.6 Å². The molecule has 0 bridgehead atoms. The minimum atomic E-state index is 0.716. The molecule has 3 nitrogen and oxygen atoms in total. The molecule has 2 aromatic carbocycles. The number of aromatic amines is 1. The van der Waals surface area contributed by atoms with Crippen molar-refractivity contribution in [2.45, 2.75) is 25.7 Å². The zero-order chi connectivity index (χ0) is 18.9. The zero-order valence-corrected chi connectivity index (χ0v) is 16.1. The summed E-state index contributed by atoms with van der Waals surface area (Å²) in [7, 11) is 0. The third-order valence-electron chi connectivity index (χ3n) is 6.37. The number of rotatable bonds is 3. The van der Waals surface area contributed by atoms with E-state index in [1.807, 2.05) is 12.1 Å². The van der Waals surface area contributed by atoms with Gasteiger partial charge in [0.25, 0.3) is 0 Å². The van der Waals surface area contributed by atoms with Crippen LogP contribution in [0.1, 0.15) is 35.2 Å². The van der Waals surface area contributed by atoms with E-state index in [4.69, 9.17) is 5.26 Å². The molecule has 1 N–H and O–H groups in total. The lowest BCUT2D eigenvalue weighted by molar-refractivity contribution is 0.238. The molecule has 2 aliphatic rings. The lowest BCUT2D eigenvalue weighted by Crippen LogP contribution is -2.35. The van der Waals surface area contributed by atoms with Crippen LogP contribution in [0.2, 0.25) is 0 Å². The lowest BCUT2D eigenvalue weighted by Gasteiger charge is -2.32. The van der Waals surface area contributed by atoms with Gasteiger partial charge >= 0.3 is 0 Å². The molecule has 1 unspecified atom stereocenters. The highest BCUT2D eigenvalue weighted by molar-refractivity contribution is 5.86. The van der Waals surface area contributed by atoms with Crippen LogP contribution in [-0.2, 0) is 12.8 Å². The molecule has 140 valence electrons. The van der Waals surface area contributed by atoms with Gasteiger partial charge in [-0.1, -0.05) is 42.5 Å². The molecule has 3 aromatic rings. The molecular weight excluding hydrogens is 342 g/mol. The molecule has 0 spiro atoms. The Morgan fingerprint density at radius 2 is 2.00 bits per heavy atom. The number of hydrogen-bond donors (Lipinski definition) is 1. The highest BCUT2D eigenvalue weighted by atomic mass is 15.1. The predicted molar refractivity (Wildman–Crippen MR) is 114 cm³/mol. The lowest BCUT2D eigenvalue weighted by atomic mass is 9.85. The van der Waals surface area contributed by atoms with E-state index in [-0.39, 0.29) is 0 Å². The molecule has 0 saturated carbocycles. The monoisotopic (exact) mass is 367 g/mol. The first-order valence-electron chi connectivity index (χ1n) is 10.3. The SMILES string of the molecule is N#Cc1ccc2c3c([nH]c2c1)CCC(CN1CC=C(c2ccccc2)CC1)C3. The number of nitrogens with zero attached hydrogens (tertiary/aromatic N) is 2. The van der Waals surface area contributed by atoms with E-state index in [2.05, 4.69) is 58.4 Å². The van der Waals surface area contributed by atoms with E-state index in [1.54, 1.807) is 0 Å². The van der Waals surface area contributed by atoms with Crippen molar-refractivity contribution in [2.75, 3.05) is 19.6 Å². The number of H-pyrrole nitrogens is 1. The van der Waals surface area contributed by atoms with E-state index in [9.17, 15) is 0 Å². The van der Waals surface area contributed by atoms with Crippen LogP contribution in [0.25, 0.3) is 16.5 Å². The number of fused-ring (bicyclic) bond motifs is 3. The predicted octanol–water partition coefficient (Wildman–Crippen LogP) is 4.93. The van der Waals surface area contributed by atoms with Gasteiger partial charge in [-0.3, -0.25) is 4.90 Å². The van der Waals surface area contributed by atoms with Gasteiger partial charge in [0.05, 0.1) is 11.6 Å². The van der Waals surface area contributed by atoms with E-state index >= 15 is 0 Å². The van der Waals surface area contributed by atoms with Crippen LogP contribution in [0, 0.1) is 17.2 Å². The first-order chi connectivity index (χ1) is 13.8. The normalized spacial score (nSPS) is 19.8. The summed E-state index contributed by atoms with van der Waals surface area (Å²) < 4.78 is 0. The number of aryl methyl sites for hydroxylation is 1. The second-order valence-corrected chi connectivity index (χ2v) is 8.17. The van der Waals surface area contributed by atoms with Gasteiger partial charge in [0.1, 0.15) is 0 Å². The molecule has 3 heteroatoms. The maximum absolute atomic E-state index is 9.14. The molecule has 0 radical (unpaired) electrons. The Morgan fingerprint density at radius 3 is 2.79 bits per heavy atom. The van der Waals surface area contributed by atoms with Crippen LogP contribution in [0.3, 0.4) is 0 Å². The fraction of sp³-hybridized carbons (Fsp3) is 0.320. The first kappa shape index (κ1) is 17.3. The van der Waals surface area contributed by atoms with Crippen LogP contribution in [-0.4, -0.2) is 29.5 Å². The second-order valence-electron chi connectivity index (χ2n) is 8.17. The van der Waals surface area contributed by atoms with Crippen molar-refractivity contribution in [3.05, 3.63) is 77.0 Å². The van der Waals surface area contributed by atoms with Gasteiger partial charge in [-0.05, 0) is 60.4 Å². The third kappa shape index (κ3) is 3.25. The van der Waals surface area contributed by atoms with E-state index < -0.39 is 0 Å². The summed E-state index contributed by atoms with van der Waals surface area (Å²) in [6.07, 6.45) is 7.08. The fourth-order valence-corrected chi connectivity index (χ4v) is 4.88. The summed E-state index contributed by atoms with van der Waals surface area (Å²) in [5.74, 6) is 0.716. The van der Waals surface area contributed by atoms with Crippen LogP contribution < -0.4 is 0 Å². The van der Waals surface area contributed by atoms with Crippen molar-refractivity contribution in [3.8, 4) is 6.07 Å². The van der Waals surface area contributed by atoms with Gasteiger partial charge in [0.15, 0.2) is 0 Å². The van der Waals surface area contributed by atoms with E-state index in [0.29, 0.717) is 5.92 Å². The Hall–Kier alpha value is -2.83. The van der Waals surface area contributed by atoms with Gasteiger partial charge in [0.2, 0.25) is 0 Å². The van der Waals surface area contributed by atoms with Gasteiger partial charge in [-0.15, -0.1) is 0 Å². The van der Waals surface area contributed by atoms with E-state index in [1.165, 1.54) is 40.7 Å². The smallest absolute Gasteiger partial charge is 0.0992 e. The van der Waals surface area contributed by atoms with Crippen LogP contribution in [0.5, 0.6) is 0 Å². The number of hydrogen-bond acceptors (Lipinski definition) is 2. The topological polar surface area (TPSA) is 42.8 Å². The van der Waals surface area contributed by atoms with Crippen molar-refractivity contribution < 1.29 is 0 Å². The molecule has 5 rings (SSSR count). The van der Waals surface area contributed by atoms with Gasteiger partial charge in [0, 0.05) is 36.2 Å². The van der Waals surface area contributed by atoms with Gasteiger partial charge < -0.3 is 4.98 Å². The van der Waals surface area contributed by atoms with Crippen molar-refractivity contribution in [1.82, 2.24) is 9.88 Å². The number of aromatic nitrogens is 1. The molecule has 0 fully saturated rings. The quantitative estimate of drug-likeness (QED) is 0.713. The third-order valence-corrected chi connectivity index (χ3v) is 6.37. The molecule has 1 aliphatic carbocycles. The molecule has 1 aromatic heterocycles. The highest BCUT2D eigenvalue weighted by Crippen LogP contribution is 2.33. The first-order valence-corrected chi connectivity index (χ1v) is 10.3. The summed E-state index contributed by atoms with van der Waals surface area (Å²) in [6.45, 7) is 3.40. The largest absolute Gasteiger partial charge is 0.358 e. The number of benzene rings is 2. The van der Waals surface area contributed by atoms with Gasteiger partial charge in [-0.2, -0.15) is 5.26 Å². The molecule has 0 saturated heterocycles. The van der Waals surface area contributed by atoms with E-state index in [0.717, 1.165) is 43.4 Å². The standard InChI is InChI=1S/C25H25N3/c26-16-18-6-8-22-23-14-19(7-9-24(23)27-25(22)15-18)17-28-12-10-21(11-13-28)20-4-2-1-3-5-20/h1-6,8,10,15,19,27H,7,9,11-14,17H2. The van der Waals surface area contributed by atoms with Crippen molar-refractivity contribution in [3.63, 3.8) is 0 Å². The molecule has 2 heterocycles. The van der Waals surface area contributed by atoms with Crippen LogP contribution in [0.4, 0.5) is 0 Å². The average molecular weight is 367 g/mol. The minimum Gasteiger partial charge on any atom is -0.358 e. The Kier molecular flexibility index (Phi) is 4.50. The maximum atomic E-state index is 9.14. The molecule has 0 amide bonds. The number of nitrogens with one attached hydrogen (secondary N) is 1. The Morgan fingerprint density at radius 1 is 1.11 bits per heavy atom. The van der Waals surface area contributed by atoms with Gasteiger partial charge in [-0.25, -0.2) is 0 Å². The minimum absolute atomic E-state index is 0.716. The Labute approximate surface area is 166 Å². The summed E-state index contributed by atoms with van der Waals surface area (Å²) in [6, 6.07) is 19.1. The zero-order valence-electron chi connectivity index (χ0n) is 16.1. The Bertz CT molecular complexity index is 1070. The van der Waals surface area contributed by atoms with Crippen molar-refractivity contribution in [2.24, 2.45) is 5.92 Å². The molecule has 28 heavy (non-hydrogen) atoms. The summed E-state index contributed by atoms with van der Waals surface area (Å²) in [5, 5.41) is 10.5. The molecule has 1 atom stereocenters. The summed E-state index contributed by atoms with van der Waals surface area (Å²) in [4.78, 5) is 6.18. The Balaban J connectivity index is 1.27. The highest BCUT2D eigenvalue weighted by Gasteiger charge is 2.25. The summed E-state index contributed by atoms with van der Waals surface area (Å²) >= 11 is 0. The second kappa shape index (κ2) is 7.30. The van der Waals surface area contributed by atoms with Crippen molar-refractivity contribution >= 4 is 16.5 Å². The fourth-order valence-electron chi connectivity index (χ4n) is 4.88. The van der Waals surface area contributed by atoms with Crippen molar-refractivity contribution in [1.29, 1.82) is 5.26 Å². The number of nitriles is 1. The van der Waals surface area contributed by atoms with Crippen LogP contribution >= 0.6 is 0 Å². The maximum Gasteiger partial charge on any atom is 0.0992 e. The molecule has 1 aliphatic heterocycles.